The van der Waals surface area contributed by atoms with Crippen LogP contribution in [0.3, 0.4) is 0 Å². The standard InChI is InChI=1S/C7H7N3O4/c8-5(7(14)10-4-12)1-2-6(13)9-3-11/h5H,1-2,8H2/t5-/m0/s1. The number of nitrogens with two attached hydrogens (primary N) is 1. The molecule has 14 heavy (non-hydrogen) atoms. The Kier molecular flexibility index (Phi) is 5.65. The molecule has 0 aromatic rings. The van der Waals surface area contributed by atoms with Gasteiger partial charge in [0, 0.05) is 6.42 Å². The molecule has 1 atom stereocenters. The Balaban J connectivity index is 4.02. The van der Waals surface area contributed by atoms with Gasteiger partial charge in [-0.1, -0.05) is 0 Å². The van der Waals surface area contributed by atoms with Crippen molar-refractivity contribution in [2.24, 2.45) is 15.7 Å². The Bertz CT molecular complexity index is 326. The number of nitrogens with zero attached hydrogens (tertiary/aromatic N) is 2. The fourth-order valence-electron chi connectivity index (χ4n) is 0.637. The van der Waals surface area contributed by atoms with Crippen molar-refractivity contribution in [2.75, 3.05) is 0 Å². The van der Waals surface area contributed by atoms with Gasteiger partial charge in [-0.05, 0) is 6.42 Å². The van der Waals surface area contributed by atoms with Crippen LogP contribution >= 0.6 is 0 Å². The van der Waals surface area contributed by atoms with Gasteiger partial charge in [0.2, 0.25) is 12.2 Å². The minimum absolute atomic E-state index is 0.0337. The fraction of sp³-hybridized carbons (Fsp3) is 0.429. The lowest BCUT2D eigenvalue weighted by atomic mass is 10.1. The van der Waals surface area contributed by atoms with Crippen LogP contribution in [-0.2, 0) is 19.2 Å². The van der Waals surface area contributed by atoms with Gasteiger partial charge in [0.25, 0.3) is 11.8 Å². The third-order valence-electron chi connectivity index (χ3n) is 1.31. The summed E-state index contributed by atoms with van der Waals surface area (Å²) >= 11 is 0. The number of carbonyl (C=O) groups excluding carboxylic acids is 4. The van der Waals surface area contributed by atoms with Gasteiger partial charge in [0.1, 0.15) is 0 Å². The molecule has 0 aliphatic rings. The van der Waals surface area contributed by atoms with Crippen molar-refractivity contribution in [3.8, 4) is 0 Å². The van der Waals surface area contributed by atoms with E-state index in [-0.39, 0.29) is 12.8 Å². The van der Waals surface area contributed by atoms with Gasteiger partial charge in [-0.25, -0.2) is 9.59 Å². The lowest BCUT2D eigenvalue weighted by molar-refractivity contribution is -0.120. The molecular weight excluding hydrogens is 190 g/mol. The van der Waals surface area contributed by atoms with E-state index >= 15 is 0 Å². The molecule has 0 aromatic carbocycles. The monoisotopic (exact) mass is 197 g/mol. The average Bonchev–Trinajstić information content (AvgIpc) is 2.15. The van der Waals surface area contributed by atoms with E-state index in [1.165, 1.54) is 0 Å². The summed E-state index contributed by atoms with van der Waals surface area (Å²) < 4.78 is 0. The van der Waals surface area contributed by atoms with Crippen LogP contribution < -0.4 is 5.73 Å². The summed E-state index contributed by atoms with van der Waals surface area (Å²) in [6.45, 7) is 0. The molecular formula is C7H7N3O4. The number of hydrogen-bond acceptors (Lipinski definition) is 5. The van der Waals surface area contributed by atoms with E-state index in [1.54, 1.807) is 0 Å². The van der Waals surface area contributed by atoms with Crippen LogP contribution in [0.1, 0.15) is 12.8 Å². The number of isocyanates is 2. The lowest BCUT2D eigenvalue weighted by Crippen LogP contribution is -2.29. The van der Waals surface area contributed by atoms with Crippen LogP contribution in [0.25, 0.3) is 0 Å². The molecule has 0 aliphatic carbocycles. The van der Waals surface area contributed by atoms with Crippen molar-refractivity contribution in [3.05, 3.63) is 0 Å². The van der Waals surface area contributed by atoms with Gasteiger partial charge >= 0.3 is 0 Å². The van der Waals surface area contributed by atoms with Crippen LogP contribution in [0, 0.1) is 0 Å². The van der Waals surface area contributed by atoms with E-state index in [4.69, 9.17) is 5.73 Å². The molecule has 7 nitrogen and oxygen atoms in total. The summed E-state index contributed by atoms with van der Waals surface area (Å²) in [5.41, 5.74) is 5.23. The topological polar surface area (TPSA) is 119 Å². The van der Waals surface area contributed by atoms with E-state index in [2.05, 4.69) is 9.98 Å². The second-order valence-electron chi connectivity index (χ2n) is 2.28. The second kappa shape index (κ2) is 6.56. The van der Waals surface area contributed by atoms with Crippen LogP contribution in [0.15, 0.2) is 9.98 Å². The maximum Gasteiger partial charge on any atom is 0.273 e. The minimum atomic E-state index is -1.05. The first-order valence-corrected chi connectivity index (χ1v) is 3.59. The van der Waals surface area contributed by atoms with Crippen LogP contribution in [0.5, 0.6) is 0 Å². The summed E-state index contributed by atoms with van der Waals surface area (Å²) in [6, 6.07) is -1.05. The van der Waals surface area contributed by atoms with Gasteiger partial charge in [0.15, 0.2) is 0 Å². The molecule has 0 aliphatic heterocycles. The highest BCUT2D eigenvalue weighted by Gasteiger charge is 2.13. The summed E-state index contributed by atoms with van der Waals surface area (Å²) in [4.78, 5) is 46.2. The molecule has 74 valence electrons. The normalized spacial score (nSPS) is 10.6. The number of aliphatic imine (C=N–C) groups is 2. The van der Waals surface area contributed by atoms with Crippen molar-refractivity contribution in [3.63, 3.8) is 0 Å². The first-order valence-electron chi connectivity index (χ1n) is 3.59. The lowest BCUT2D eigenvalue weighted by Gasteiger charge is -2.02. The molecule has 0 spiro atoms. The number of amides is 2. The van der Waals surface area contributed by atoms with Crippen LogP contribution in [-0.4, -0.2) is 30.0 Å². The molecule has 0 radical (unpaired) electrons. The quantitative estimate of drug-likeness (QED) is 0.449. The highest BCUT2D eigenvalue weighted by atomic mass is 16.2. The average molecular weight is 197 g/mol. The minimum Gasteiger partial charge on any atom is -0.320 e. The van der Waals surface area contributed by atoms with E-state index < -0.39 is 17.9 Å². The zero-order valence-corrected chi connectivity index (χ0v) is 7.10. The van der Waals surface area contributed by atoms with Gasteiger partial charge < -0.3 is 5.73 Å². The van der Waals surface area contributed by atoms with Crippen molar-refractivity contribution in [1.82, 2.24) is 0 Å². The van der Waals surface area contributed by atoms with Crippen LogP contribution in [0.2, 0.25) is 0 Å². The Morgan fingerprint density at radius 2 is 1.79 bits per heavy atom. The van der Waals surface area contributed by atoms with Crippen molar-refractivity contribution >= 4 is 24.0 Å². The molecule has 0 fully saturated rings. The molecule has 2 amide bonds. The molecule has 0 unspecified atom stereocenters. The summed E-state index contributed by atoms with van der Waals surface area (Å²) in [5, 5.41) is 0. The Hall–Kier alpha value is -1.94. The van der Waals surface area contributed by atoms with Crippen LogP contribution in [0.4, 0.5) is 0 Å². The van der Waals surface area contributed by atoms with E-state index in [0.717, 1.165) is 12.2 Å². The number of rotatable bonds is 4. The molecule has 0 heterocycles. The predicted octanol–water partition coefficient (Wildman–Crippen LogP) is -1.18. The molecule has 0 aromatic heterocycles. The smallest absolute Gasteiger partial charge is 0.273 e. The molecule has 0 rings (SSSR count). The third-order valence-corrected chi connectivity index (χ3v) is 1.31. The van der Waals surface area contributed by atoms with Gasteiger partial charge in [-0.3, -0.25) is 9.59 Å². The van der Waals surface area contributed by atoms with Crippen molar-refractivity contribution < 1.29 is 19.2 Å². The Labute approximate surface area is 78.7 Å². The molecule has 2 N–H and O–H groups in total. The maximum atomic E-state index is 10.7. The fourth-order valence-corrected chi connectivity index (χ4v) is 0.637. The van der Waals surface area contributed by atoms with Gasteiger partial charge in [-0.2, -0.15) is 0 Å². The van der Waals surface area contributed by atoms with Crippen molar-refractivity contribution in [2.45, 2.75) is 18.9 Å². The summed E-state index contributed by atoms with van der Waals surface area (Å²) in [7, 11) is 0. The Morgan fingerprint density at radius 1 is 1.21 bits per heavy atom. The third kappa shape index (κ3) is 4.84. The molecule has 0 saturated heterocycles. The molecule has 0 bridgehead atoms. The van der Waals surface area contributed by atoms with Gasteiger partial charge in [0.05, 0.1) is 6.04 Å². The largest absolute Gasteiger partial charge is 0.320 e. The predicted molar refractivity (Wildman–Crippen MR) is 43.5 cm³/mol. The van der Waals surface area contributed by atoms with Gasteiger partial charge in [-0.15, -0.1) is 9.98 Å². The number of hydrogen-bond donors (Lipinski definition) is 1. The van der Waals surface area contributed by atoms with E-state index in [0.29, 0.717) is 0 Å². The Morgan fingerprint density at radius 3 is 2.29 bits per heavy atom. The van der Waals surface area contributed by atoms with E-state index in [1.807, 2.05) is 0 Å². The van der Waals surface area contributed by atoms with E-state index in [9.17, 15) is 19.2 Å². The molecule has 7 heteroatoms. The summed E-state index contributed by atoms with van der Waals surface area (Å²) in [5.74, 6) is -1.58. The second-order valence-corrected chi connectivity index (χ2v) is 2.28. The summed E-state index contributed by atoms with van der Waals surface area (Å²) in [6.07, 6.45) is 1.89. The highest BCUT2D eigenvalue weighted by molar-refractivity contribution is 5.87. The SMILES string of the molecule is N[C@@H](CCC(=O)N=C=O)C(=O)N=C=O. The first-order chi connectivity index (χ1) is 6.61. The maximum absolute atomic E-state index is 10.7. The number of carbonyl (C=O) groups is 2. The molecule has 0 saturated carbocycles. The van der Waals surface area contributed by atoms with Crippen molar-refractivity contribution in [1.29, 1.82) is 0 Å². The highest BCUT2D eigenvalue weighted by Crippen LogP contribution is 1.97. The first kappa shape index (κ1) is 12.1. The zero-order chi connectivity index (χ0) is 11.0. The zero-order valence-electron chi connectivity index (χ0n) is 7.10.